The van der Waals surface area contributed by atoms with Crippen molar-refractivity contribution in [2.24, 2.45) is 0 Å². The molecule has 6 nitrogen and oxygen atoms in total. The summed E-state index contributed by atoms with van der Waals surface area (Å²) in [5.74, 6) is 2.83. The SMILES string of the molecule is COc1cc(-c2nn(-c3ccc(Br)cc3)c3c2CCN3)cc(OC)c1OC. The van der Waals surface area contributed by atoms with Crippen LogP contribution in [0.4, 0.5) is 5.82 Å². The Balaban J connectivity index is 1.88. The van der Waals surface area contributed by atoms with Crippen molar-refractivity contribution in [2.45, 2.75) is 6.42 Å². The van der Waals surface area contributed by atoms with Crippen molar-refractivity contribution < 1.29 is 14.2 Å². The van der Waals surface area contributed by atoms with E-state index in [2.05, 4.69) is 21.2 Å². The monoisotopic (exact) mass is 429 g/mol. The quantitative estimate of drug-likeness (QED) is 0.655. The largest absolute Gasteiger partial charge is 0.493 e. The number of anilines is 1. The highest BCUT2D eigenvalue weighted by Gasteiger charge is 2.25. The zero-order valence-electron chi connectivity index (χ0n) is 15.4. The van der Waals surface area contributed by atoms with Gasteiger partial charge < -0.3 is 19.5 Å². The van der Waals surface area contributed by atoms with Gasteiger partial charge in [0.1, 0.15) is 5.82 Å². The molecule has 0 bridgehead atoms. The van der Waals surface area contributed by atoms with Crippen molar-refractivity contribution in [3.63, 3.8) is 0 Å². The van der Waals surface area contributed by atoms with E-state index in [1.807, 2.05) is 41.1 Å². The van der Waals surface area contributed by atoms with Gasteiger partial charge in [0.15, 0.2) is 11.5 Å². The van der Waals surface area contributed by atoms with Crippen LogP contribution in [0.2, 0.25) is 0 Å². The second-order valence-electron chi connectivity index (χ2n) is 6.15. The molecule has 0 saturated carbocycles. The van der Waals surface area contributed by atoms with Crippen LogP contribution in [0.25, 0.3) is 16.9 Å². The molecule has 0 atom stereocenters. The summed E-state index contributed by atoms with van der Waals surface area (Å²) in [7, 11) is 4.84. The molecule has 0 amide bonds. The maximum atomic E-state index is 5.50. The first-order valence-corrected chi connectivity index (χ1v) is 9.37. The van der Waals surface area contributed by atoms with E-state index in [-0.39, 0.29) is 0 Å². The molecule has 27 heavy (non-hydrogen) atoms. The maximum Gasteiger partial charge on any atom is 0.203 e. The van der Waals surface area contributed by atoms with Crippen LogP contribution in [-0.2, 0) is 6.42 Å². The van der Waals surface area contributed by atoms with Crippen LogP contribution in [0.3, 0.4) is 0 Å². The number of nitrogens with zero attached hydrogens (tertiary/aromatic N) is 2. The third-order valence-corrected chi connectivity index (χ3v) is 5.19. The van der Waals surface area contributed by atoms with Crippen LogP contribution in [0, 0.1) is 0 Å². The zero-order chi connectivity index (χ0) is 19.0. The first-order chi connectivity index (χ1) is 13.2. The third kappa shape index (κ3) is 3.02. The lowest BCUT2D eigenvalue weighted by molar-refractivity contribution is 0.324. The number of methoxy groups -OCH3 is 3. The number of benzene rings is 2. The van der Waals surface area contributed by atoms with Crippen LogP contribution in [0.15, 0.2) is 40.9 Å². The fourth-order valence-electron chi connectivity index (χ4n) is 3.39. The van der Waals surface area contributed by atoms with Crippen LogP contribution < -0.4 is 19.5 Å². The molecule has 2 aromatic carbocycles. The summed E-state index contributed by atoms with van der Waals surface area (Å²) in [4.78, 5) is 0. The fourth-order valence-corrected chi connectivity index (χ4v) is 3.66. The second-order valence-corrected chi connectivity index (χ2v) is 7.07. The molecule has 0 saturated heterocycles. The highest BCUT2D eigenvalue weighted by atomic mass is 79.9. The molecular weight excluding hydrogens is 410 g/mol. The highest BCUT2D eigenvalue weighted by Crippen LogP contribution is 2.43. The van der Waals surface area contributed by atoms with Crippen LogP contribution in [0.1, 0.15) is 5.56 Å². The summed E-state index contributed by atoms with van der Waals surface area (Å²) < 4.78 is 19.4. The molecular formula is C20H20BrN3O3. The molecule has 0 aliphatic carbocycles. The van der Waals surface area contributed by atoms with E-state index in [9.17, 15) is 0 Å². The maximum absolute atomic E-state index is 5.50. The smallest absolute Gasteiger partial charge is 0.203 e. The summed E-state index contributed by atoms with van der Waals surface area (Å²) in [6, 6.07) is 12.0. The van der Waals surface area contributed by atoms with E-state index < -0.39 is 0 Å². The molecule has 140 valence electrons. The summed E-state index contributed by atoms with van der Waals surface area (Å²) in [5, 5.41) is 8.35. The standard InChI is InChI=1S/C20H20BrN3O3/c1-25-16-10-12(11-17(26-2)19(16)27-3)18-15-8-9-22-20(15)24(23-18)14-6-4-13(21)5-7-14/h4-7,10-11,22H,8-9H2,1-3H3. The van der Waals surface area contributed by atoms with Gasteiger partial charge in [-0.3, -0.25) is 0 Å². The molecule has 1 aliphatic heterocycles. The van der Waals surface area contributed by atoms with E-state index in [1.165, 1.54) is 5.56 Å². The molecule has 4 rings (SSSR count). The predicted octanol–water partition coefficient (Wildman–Crippen LogP) is 4.30. The molecule has 7 heteroatoms. The van der Waals surface area contributed by atoms with Gasteiger partial charge in [-0.2, -0.15) is 5.10 Å². The average molecular weight is 430 g/mol. The van der Waals surface area contributed by atoms with Crippen LogP contribution >= 0.6 is 15.9 Å². The number of halogens is 1. The number of nitrogens with one attached hydrogen (secondary N) is 1. The Kier molecular flexibility index (Phi) is 4.70. The van der Waals surface area contributed by atoms with Gasteiger partial charge in [-0.1, -0.05) is 15.9 Å². The van der Waals surface area contributed by atoms with Crippen molar-refractivity contribution in [1.29, 1.82) is 0 Å². The van der Waals surface area contributed by atoms with Gasteiger partial charge in [0.25, 0.3) is 0 Å². The van der Waals surface area contributed by atoms with Crippen molar-refractivity contribution in [3.05, 3.63) is 46.4 Å². The number of ether oxygens (including phenoxy) is 3. The molecule has 0 fully saturated rings. The van der Waals surface area contributed by atoms with Gasteiger partial charge in [-0.15, -0.1) is 0 Å². The Labute approximate surface area is 166 Å². The zero-order valence-corrected chi connectivity index (χ0v) is 17.0. The van der Waals surface area contributed by atoms with Gasteiger partial charge in [0.05, 0.1) is 32.7 Å². The Morgan fingerprint density at radius 2 is 1.67 bits per heavy atom. The van der Waals surface area contributed by atoms with Gasteiger partial charge >= 0.3 is 0 Å². The highest BCUT2D eigenvalue weighted by molar-refractivity contribution is 9.10. The van der Waals surface area contributed by atoms with Crippen molar-refractivity contribution in [3.8, 4) is 34.2 Å². The van der Waals surface area contributed by atoms with E-state index >= 15 is 0 Å². The van der Waals surface area contributed by atoms with Crippen molar-refractivity contribution in [1.82, 2.24) is 9.78 Å². The van der Waals surface area contributed by atoms with Crippen molar-refractivity contribution >= 4 is 21.7 Å². The summed E-state index contributed by atoms with van der Waals surface area (Å²) >= 11 is 3.48. The molecule has 1 aromatic heterocycles. The molecule has 3 aromatic rings. The Hall–Kier alpha value is -2.67. The van der Waals surface area contributed by atoms with E-state index in [4.69, 9.17) is 19.3 Å². The fraction of sp³-hybridized carbons (Fsp3) is 0.250. The Bertz CT molecular complexity index is 958. The minimum Gasteiger partial charge on any atom is -0.493 e. The number of hydrogen-bond acceptors (Lipinski definition) is 5. The first-order valence-electron chi connectivity index (χ1n) is 8.58. The molecule has 0 unspecified atom stereocenters. The number of aromatic nitrogens is 2. The number of hydrogen-bond donors (Lipinski definition) is 1. The van der Waals surface area contributed by atoms with E-state index in [0.717, 1.165) is 40.2 Å². The van der Waals surface area contributed by atoms with Gasteiger partial charge in [-0.25, -0.2) is 4.68 Å². The summed E-state index contributed by atoms with van der Waals surface area (Å²) in [5.41, 5.74) is 4.03. The molecule has 0 radical (unpaired) electrons. The third-order valence-electron chi connectivity index (χ3n) is 4.66. The number of rotatable bonds is 5. The van der Waals surface area contributed by atoms with Gasteiger partial charge in [0.2, 0.25) is 5.75 Å². The Morgan fingerprint density at radius 3 is 2.26 bits per heavy atom. The van der Waals surface area contributed by atoms with Gasteiger partial charge in [0, 0.05) is 22.1 Å². The minimum atomic E-state index is 0.575. The molecule has 1 N–H and O–H groups in total. The summed E-state index contributed by atoms with van der Waals surface area (Å²) in [6.07, 6.45) is 0.915. The second kappa shape index (κ2) is 7.15. The lowest BCUT2D eigenvalue weighted by Crippen LogP contribution is -2.04. The van der Waals surface area contributed by atoms with Gasteiger partial charge in [-0.05, 0) is 42.8 Å². The van der Waals surface area contributed by atoms with E-state index in [0.29, 0.717) is 17.2 Å². The summed E-state index contributed by atoms with van der Waals surface area (Å²) in [6.45, 7) is 0.890. The Morgan fingerprint density at radius 1 is 1.00 bits per heavy atom. The minimum absolute atomic E-state index is 0.575. The van der Waals surface area contributed by atoms with Crippen LogP contribution in [-0.4, -0.2) is 37.7 Å². The number of fused-ring (bicyclic) bond motifs is 1. The molecule has 0 spiro atoms. The average Bonchev–Trinajstić information content (AvgIpc) is 3.30. The molecule has 2 heterocycles. The lowest BCUT2D eigenvalue weighted by atomic mass is 10.1. The normalized spacial score (nSPS) is 12.4. The predicted molar refractivity (Wildman–Crippen MR) is 109 cm³/mol. The lowest BCUT2D eigenvalue weighted by Gasteiger charge is -2.13. The topological polar surface area (TPSA) is 57.5 Å². The first kappa shape index (κ1) is 17.7. The molecule has 1 aliphatic rings. The van der Waals surface area contributed by atoms with Crippen LogP contribution in [0.5, 0.6) is 17.2 Å². The van der Waals surface area contributed by atoms with Crippen molar-refractivity contribution in [2.75, 3.05) is 33.2 Å². The van der Waals surface area contributed by atoms with E-state index in [1.54, 1.807) is 21.3 Å².